The zero-order chi connectivity index (χ0) is 21.3. The third-order valence-corrected chi connectivity index (χ3v) is 5.68. The molecule has 0 radical (unpaired) electrons. The van der Waals surface area contributed by atoms with Gasteiger partial charge in [-0.2, -0.15) is 0 Å². The minimum absolute atomic E-state index is 0.0807. The Bertz CT molecular complexity index is 1170. The molecule has 1 unspecified atom stereocenters. The van der Waals surface area contributed by atoms with Crippen LogP contribution >= 0.6 is 23.2 Å². The van der Waals surface area contributed by atoms with E-state index in [0.29, 0.717) is 29.5 Å². The topological polar surface area (TPSA) is 93.8 Å². The highest BCUT2D eigenvalue weighted by atomic mass is 35.5. The first-order valence-corrected chi connectivity index (χ1v) is 9.93. The molecule has 156 valence electrons. The van der Waals surface area contributed by atoms with E-state index in [1.807, 2.05) is 0 Å². The van der Waals surface area contributed by atoms with Crippen LogP contribution in [-0.4, -0.2) is 46.2 Å². The Morgan fingerprint density at radius 2 is 2.17 bits per heavy atom. The summed E-state index contributed by atoms with van der Waals surface area (Å²) >= 11 is 12.9. The minimum atomic E-state index is -0.663. The number of nitrogens with zero attached hydrogens (tertiary/aromatic N) is 2. The molecule has 4 rings (SSSR count). The van der Waals surface area contributed by atoms with Gasteiger partial charge in [0.05, 0.1) is 53.6 Å². The summed E-state index contributed by atoms with van der Waals surface area (Å²) in [6, 6.07) is 0.634. The SMILES string of the molecule is O=c1cc(CO)n(C2C#CC=CC=C2Cl)c2c(Cl)cnc(OCC3(CO)COC3)c12. The highest BCUT2D eigenvalue weighted by molar-refractivity contribution is 6.35. The highest BCUT2D eigenvalue weighted by Gasteiger charge is 2.39. The maximum absolute atomic E-state index is 12.9. The molecule has 0 bridgehead atoms. The molecular formula is C21H18Cl2N2O5. The fourth-order valence-corrected chi connectivity index (χ4v) is 3.84. The summed E-state index contributed by atoms with van der Waals surface area (Å²) in [7, 11) is 0. The van der Waals surface area contributed by atoms with E-state index in [9.17, 15) is 15.0 Å². The molecule has 3 heterocycles. The van der Waals surface area contributed by atoms with Crippen LogP contribution in [0.4, 0.5) is 0 Å². The van der Waals surface area contributed by atoms with Crippen molar-refractivity contribution in [1.82, 2.24) is 9.55 Å². The molecule has 1 fully saturated rings. The van der Waals surface area contributed by atoms with Gasteiger partial charge in [0, 0.05) is 11.8 Å². The fraction of sp³-hybridized carbons (Fsp3) is 0.333. The van der Waals surface area contributed by atoms with Crippen molar-refractivity contribution in [3.8, 4) is 17.7 Å². The Balaban J connectivity index is 1.90. The van der Waals surface area contributed by atoms with Gasteiger partial charge in [0.15, 0.2) is 5.43 Å². The molecule has 7 nitrogen and oxygen atoms in total. The quantitative estimate of drug-likeness (QED) is 0.657. The van der Waals surface area contributed by atoms with Gasteiger partial charge < -0.3 is 24.3 Å². The summed E-state index contributed by atoms with van der Waals surface area (Å²) in [6.07, 6.45) is 6.42. The van der Waals surface area contributed by atoms with Crippen LogP contribution in [0.2, 0.25) is 5.02 Å². The van der Waals surface area contributed by atoms with Crippen molar-refractivity contribution in [2.45, 2.75) is 12.6 Å². The summed E-state index contributed by atoms with van der Waals surface area (Å²) in [5, 5.41) is 20.3. The number of hydrogen-bond donors (Lipinski definition) is 2. The third-order valence-electron chi connectivity index (χ3n) is 5.07. The standard InChI is InChI=1S/C21H18Cl2N2O5/c22-14-4-2-1-3-5-16(14)25-13(8-26)6-17(28)18-19(25)15(23)7-24-20(18)30-12-21(9-27)10-29-11-21/h1-2,4,6-7,16,26-27H,8-12H2. The lowest BCUT2D eigenvalue weighted by molar-refractivity contribution is -0.153. The number of fused-ring (bicyclic) bond motifs is 1. The number of ether oxygens (including phenoxy) is 2. The Kier molecular flexibility index (Phi) is 5.87. The average Bonchev–Trinajstić information content (AvgIpc) is 2.93. The normalized spacial score (nSPS) is 19.5. The first-order chi connectivity index (χ1) is 14.5. The fourth-order valence-electron chi connectivity index (χ4n) is 3.38. The van der Waals surface area contributed by atoms with E-state index >= 15 is 0 Å². The molecule has 2 aromatic heterocycles. The lowest BCUT2D eigenvalue weighted by Crippen LogP contribution is -2.50. The molecule has 1 aliphatic heterocycles. The number of halogens is 2. The largest absolute Gasteiger partial charge is 0.476 e. The Labute approximate surface area is 182 Å². The van der Waals surface area contributed by atoms with Crippen molar-refractivity contribution in [1.29, 1.82) is 0 Å². The average molecular weight is 449 g/mol. The van der Waals surface area contributed by atoms with Gasteiger partial charge in [0.1, 0.15) is 18.0 Å². The van der Waals surface area contributed by atoms with Crippen LogP contribution in [0.5, 0.6) is 5.88 Å². The number of hydrogen-bond acceptors (Lipinski definition) is 6. The monoisotopic (exact) mass is 448 g/mol. The van der Waals surface area contributed by atoms with E-state index in [1.54, 1.807) is 22.8 Å². The Morgan fingerprint density at radius 3 is 2.83 bits per heavy atom. The predicted octanol–water partition coefficient (Wildman–Crippen LogP) is 2.17. The molecule has 0 spiro atoms. The van der Waals surface area contributed by atoms with Crippen LogP contribution in [0, 0.1) is 17.3 Å². The molecule has 2 aromatic rings. The Hall–Kier alpha value is -2.34. The van der Waals surface area contributed by atoms with Gasteiger partial charge in [-0.15, -0.1) is 0 Å². The molecule has 1 atom stereocenters. The second kappa shape index (κ2) is 8.42. The summed E-state index contributed by atoms with van der Waals surface area (Å²) in [5.74, 6) is 5.97. The minimum Gasteiger partial charge on any atom is -0.476 e. The Morgan fingerprint density at radius 1 is 1.37 bits per heavy atom. The van der Waals surface area contributed by atoms with Crippen molar-refractivity contribution >= 4 is 34.1 Å². The van der Waals surface area contributed by atoms with Crippen LogP contribution in [0.25, 0.3) is 10.9 Å². The van der Waals surface area contributed by atoms with Crippen LogP contribution in [0.1, 0.15) is 11.7 Å². The van der Waals surface area contributed by atoms with Crippen molar-refractivity contribution < 1.29 is 19.7 Å². The molecule has 2 N–H and O–H groups in total. The van der Waals surface area contributed by atoms with Crippen molar-refractivity contribution in [2.24, 2.45) is 5.41 Å². The van der Waals surface area contributed by atoms with Crippen LogP contribution in [0.3, 0.4) is 0 Å². The summed E-state index contributed by atoms with van der Waals surface area (Å²) < 4.78 is 12.6. The lowest BCUT2D eigenvalue weighted by atomic mass is 9.88. The van der Waals surface area contributed by atoms with Gasteiger partial charge in [0.25, 0.3) is 0 Å². The first kappa shape index (κ1) is 20.9. The van der Waals surface area contributed by atoms with Crippen LogP contribution in [-0.2, 0) is 11.3 Å². The van der Waals surface area contributed by atoms with Gasteiger partial charge in [-0.25, -0.2) is 4.98 Å². The van der Waals surface area contributed by atoms with E-state index in [4.69, 9.17) is 32.7 Å². The van der Waals surface area contributed by atoms with Crippen LogP contribution in [0.15, 0.2) is 40.3 Å². The molecule has 1 aliphatic carbocycles. The zero-order valence-corrected chi connectivity index (χ0v) is 17.3. The number of allylic oxidation sites excluding steroid dienone is 4. The number of rotatable bonds is 6. The molecular weight excluding hydrogens is 431 g/mol. The van der Waals surface area contributed by atoms with Gasteiger partial charge in [0.2, 0.25) is 5.88 Å². The van der Waals surface area contributed by atoms with E-state index in [1.165, 1.54) is 12.3 Å². The van der Waals surface area contributed by atoms with Gasteiger partial charge in [-0.1, -0.05) is 41.1 Å². The maximum Gasteiger partial charge on any atom is 0.227 e. The molecule has 1 saturated heterocycles. The summed E-state index contributed by atoms with van der Waals surface area (Å²) in [4.78, 5) is 17.1. The summed E-state index contributed by atoms with van der Waals surface area (Å²) in [5.41, 5.74) is -0.312. The molecule has 0 saturated carbocycles. The van der Waals surface area contributed by atoms with Crippen molar-refractivity contribution in [3.05, 3.63) is 56.5 Å². The smallest absolute Gasteiger partial charge is 0.227 e. The molecule has 30 heavy (non-hydrogen) atoms. The molecule has 0 amide bonds. The molecule has 0 aromatic carbocycles. The molecule has 2 aliphatic rings. The lowest BCUT2D eigenvalue weighted by Gasteiger charge is -2.39. The number of aliphatic hydroxyl groups is 2. The first-order valence-electron chi connectivity index (χ1n) is 9.18. The number of aromatic nitrogens is 2. The van der Waals surface area contributed by atoms with Crippen LogP contribution < -0.4 is 10.2 Å². The highest BCUT2D eigenvalue weighted by Crippen LogP contribution is 2.35. The van der Waals surface area contributed by atoms with Crippen molar-refractivity contribution in [2.75, 3.05) is 26.4 Å². The van der Waals surface area contributed by atoms with Gasteiger partial charge in [-0.05, 0) is 12.2 Å². The van der Waals surface area contributed by atoms with E-state index in [0.717, 1.165) is 0 Å². The molecule has 9 heteroatoms. The van der Waals surface area contributed by atoms with E-state index in [-0.39, 0.29) is 29.5 Å². The summed E-state index contributed by atoms with van der Waals surface area (Å²) in [6.45, 7) is 0.323. The van der Waals surface area contributed by atoms with E-state index in [2.05, 4.69) is 16.8 Å². The zero-order valence-electron chi connectivity index (χ0n) is 15.8. The van der Waals surface area contributed by atoms with Gasteiger partial charge >= 0.3 is 0 Å². The van der Waals surface area contributed by atoms with Gasteiger partial charge in [-0.3, -0.25) is 4.79 Å². The number of aliphatic hydroxyl groups excluding tert-OH is 2. The second-order valence-electron chi connectivity index (χ2n) is 7.20. The maximum atomic E-state index is 12.9. The third kappa shape index (κ3) is 3.62. The second-order valence-corrected chi connectivity index (χ2v) is 8.05. The predicted molar refractivity (Wildman–Crippen MR) is 113 cm³/mol. The van der Waals surface area contributed by atoms with Crippen molar-refractivity contribution in [3.63, 3.8) is 0 Å². The number of pyridine rings is 2. The van der Waals surface area contributed by atoms with E-state index < -0.39 is 23.5 Å².